The Hall–Kier alpha value is -3.24. The maximum atomic E-state index is 14.4. The highest BCUT2D eigenvalue weighted by Gasteiger charge is 2.46. The molecule has 41 heavy (non-hydrogen) atoms. The summed E-state index contributed by atoms with van der Waals surface area (Å²) in [6.07, 6.45) is 2.44. The largest absolute Gasteiger partial charge is 0.416 e. The van der Waals surface area contributed by atoms with Crippen LogP contribution in [-0.2, 0) is 36.3 Å². The Morgan fingerprint density at radius 3 is 2.44 bits per heavy atom. The molecule has 1 saturated carbocycles. The minimum absolute atomic E-state index is 0.0557. The molecule has 3 aromatic rings. The molecular formula is C31H34F3N5O2. The molecule has 3 aliphatic heterocycles. The molecule has 1 atom stereocenters. The van der Waals surface area contributed by atoms with E-state index in [1.54, 1.807) is 18.5 Å². The van der Waals surface area contributed by atoms with Gasteiger partial charge in [-0.15, -0.1) is 10.2 Å². The number of aryl methyl sites for hydroxylation is 1. The van der Waals surface area contributed by atoms with E-state index in [0.717, 1.165) is 37.3 Å². The lowest BCUT2D eigenvalue weighted by molar-refractivity contribution is -0.138. The fourth-order valence-corrected chi connectivity index (χ4v) is 6.90. The van der Waals surface area contributed by atoms with Crippen molar-refractivity contribution in [2.24, 2.45) is 12.5 Å². The molecule has 1 spiro atoms. The first-order chi connectivity index (χ1) is 19.6. The van der Waals surface area contributed by atoms with Crippen molar-refractivity contribution >= 4 is 11.6 Å². The third-order valence-corrected chi connectivity index (χ3v) is 10.0. The highest BCUT2D eigenvalue weighted by atomic mass is 19.4. The van der Waals surface area contributed by atoms with Crippen molar-refractivity contribution in [2.75, 3.05) is 31.2 Å². The summed E-state index contributed by atoms with van der Waals surface area (Å²) in [6, 6.07) is 10.3. The van der Waals surface area contributed by atoms with E-state index < -0.39 is 11.7 Å². The highest BCUT2D eigenvalue weighted by Crippen LogP contribution is 2.54. The minimum atomic E-state index is -4.55. The average molecular weight is 566 g/mol. The Kier molecular flexibility index (Phi) is 6.10. The summed E-state index contributed by atoms with van der Waals surface area (Å²) in [4.78, 5) is 17.5. The van der Waals surface area contributed by atoms with E-state index in [1.807, 2.05) is 36.7 Å². The molecule has 1 aromatic heterocycles. The second kappa shape index (κ2) is 9.39. The number of carbonyl (C=O) groups is 1. The predicted octanol–water partition coefficient (Wildman–Crippen LogP) is 5.44. The quantitative estimate of drug-likeness (QED) is 0.398. The summed E-state index contributed by atoms with van der Waals surface area (Å²) < 4.78 is 50.7. The SMILES string of the molecule is C[C@H](c1cc2c(c(C(F)(F)F)c1)CN(c1cccc(C3(Cc4nncn4C)COC3)c1)C2=O)N1CCC2(CC1)CC2. The molecule has 0 bridgehead atoms. The second-order valence-corrected chi connectivity index (χ2v) is 12.6. The van der Waals surface area contributed by atoms with Gasteiger partial charge in [-0.2, -0.15) is 13.2 Å². The van der Waals surface area contributed by atoms with Gasteiger partial charge in [-0.1, -0.05) is 12.1 Å². The molecule has 4 aliphatic rings. The van der Waals surface area contributed by atoms with Crippen LogP contribution < -0.4 is 4.90 Å². The first kappa shape index (κ1) is 26.6. The number of likely N-dealkylation sites (tertiary alicyclic amines) is 1. The van der Waals surface area contributed by atoms with Crippen molar-refractivity contribution in [3.63, 3.8) is 0 Å². The molecule has 1 amide bonds. The van der Waals surface area contributed by atoms with E-state index in [4.69, 9.17) is 4.74 Å². The molecule has 0 radical (unpaired) electrons. The van der Waals surface area contributed by atoms with Crippen LogP contribution in [0.15, 0.2) is 42.7 Å². The number of aromatic nitrogens is 3. The van der Waals surface area contributed by atoms with E-state index in [2.05, 4.69) is 15.1 Å². The van der Waals surface area contributed by atoms with Crippen molar-refractivity contribution in [1.29, 1.82) is 0 Å². The zero-order chi connectivity index (χ0) is 28.6. The predicted molar refractivity (Wildman–Crippen MR) is 146 cm³/mol. The number of rotatable bonds is 6. The van der Waals surface area contributed by atoms with Gasteiger partial charge in [0.25, 0.3) is 5.91 Å². The van der Waals surface area contributed by atoms with Crippen LogP contribution in [0.4, 0.5) is 18.9 Å². The maximum Gasteiger partial charge on any atom is 0.416 e. The second-order valence-electron chi connectivity index (χ2n) is 12.6. The number of nitrogens with zero attached hydrogens (tertiary/aromatic N) is 5. The molecule has 1 aliphatic carbocycles. The monoisotopic (exact) mass is 565 g/mol. The van der Waals surface area contributed by atoms with Crippen LogP contribution >= 0.6 is 0 Å². The first-order valence-electron chi connectivity index (χ1n) is 14.4. The Balaban J connectivity index is 1.19. The number of piperidine rings is 1. The molecule has 7 rings (SSSR count). The number of anilines is 1. The Morgan fingerprint density at radius 2 is 1.83 bits per heavy atom. The molecule has 2 aromatic carbocycles. The molecule has 10 heteroatoms. The first-order valence-corrected chi connectivity index (χ1v) is 14.4. The molecule has 3 fully saturated rings. The summed E-state index contributed by atoms with van der Waals surface area (Å²) in [5.74, 6) is 0.431. The van der Waals surface area contributed by atoms with Crippen LogP contribution in [0.2, 0.25) is 0 Å². The number of halogens is 3. The number of carbonyl (C=O) groups excluding carboxylic acids is 1. The van der Waals surface area contributed by atoms with Gasteiger partial charge in [0, 0.05) is 36.2 Å². The Labute approximate surface area is 237 Å². The summed E-state index contributed by atoms with van der Waals surface area (Å²) >= 11 is 0. The van der Waals surface area contributed by atoms with Gasteiger partial charge in [0.05, 0.1) is 25.3 Å². The molecule has 0 N–H and O–H groups in total. The molecule has 4 heterocycles. The number of amides is 1. The Morgan fingerprint density at radius 1 is 1.07 bits per heavy atom. The minimum Gasteiger partial charge on any atom is -0.379 e. The van der Waals surface area contributed by atoms with Gasteiger partial charge in [0.1, 0.15) is 12.2 Å². The van der Waals surface area contributed by atoms with Crippen LogP contribution in [-0.4, -0.2) is 51.9 Å². The lowest BCUT2D eigenvalue weighted by atomic mass is 9.75. The fraction of sp³-hybridized carbons (Fsp3) is 0.516. The van der Waals surface area contributed by atoms with E-state index in [1.165, 1.54) is 23.8 Å². The standard InChI is InChI=1S/C31H34F3N5O2/c1-20(38-10-8-29(6-7-29)9-11-38)21-12-24-25(26(13-21)31(32,33)34)16-39(28(24)40)23-5-3-4-22(14-23)30(17-41-18-30)15-27-36-35-19-37(27)2/h3-5,12-14,19-20H,6-11,15-18H2,1-2H3/t20-/m1/s1. The van der Waals surface area contributed by atoms with Crippen molar-refractivity contribution < 1.29 is 22.7 Å². The van der Waals surface area contributed by atoms with E-state index in [0.29, 0.717) is 36.3 Å². The molecule has 216 valence electrons. The van der Waals surface area contributed by atoms with Gasteiger partial charge in [-0.25, -0.2) is 0 Å². The van der Waals surface area contributed by atoms with Gasteiger partial charge in [-0.3, -0.25) is 9.69 Å². The van der Waals surface area contributed by atoms with Crippen LogP contribution in [0.3, 0.4) is 0 Å². The number of benzene rings is 2. The fourth-order valence-electron chi connectivity index (χ4n) is 6.90. The average Bonchev–Trinajstić information content (AvgIpc) is 3.42. The zero-order valence-electron chi connectivity index (χ0n) is 23.4. The van der Waals surface area contributed by atoms with Crippen molar-refractivity contribution in [3.8, 4) is 0 Å². The van der Waals surface area contributed by atoms with Crippen LogP contribution in [0.25, 0.3) is 0 Å². The maximum absolute atomic E-state index is 14.4. The number of hydrogen-bond acceptors (Lipinski definition) is 5. The topological polar surface area (TPSA) is 63.5 Å². The zero-order valence-corrected chi connectivity index (χ0v) is 23.4. The van der Waals surface area contributed by atoms with Crippen molar-refractivity contribution in [2.45, 2.75) is 63.2 Å². The lowest BCUT2D eigenvalue weighted by Crippen LogP contribution is -2.49. The summed E-state index contributed by atoms with van der Waals surface area (Å²) in [5.41, 5.74) is 1.77. The molecule has 7 nitrogen and oxygen atoms in total. The van der Waals surface area contributed by atoms with E-state index in [-0.39, 0.29) is 35.0 Å². The van der Waals surface area contributed by atoms with Gasteiger partial charge < -0.3 is 14.2 Å². The molecular weight excluding hydrogens is 531 g/mol. The van der Waals surface area contributed by atoms with E-state index in [9.17, 15) is 18.0 Å². The third kappa shape index (κ3) is 4.55. The van der Waals surface area contributed by atoms with Crippen LogP contribution in [0.1, 0.15) is 77.1 Å². The van der Waals surface area contributed by atoms with Gasteiger partial charge >= 0.3 is 6.18 Å². The normalized spacial score (nSPS) is 22.1. The van der Waals surface area contributed by atoms with Crippen LogP contribution in [0, 0.1) is 5.41 Å². The van der Waals surface area contributed by atoms with Crippen molar-refractivity contribution in [3.05, 3.63) is 76.4 Å². The summed E-state index contributed by atoms with van der Waals surface area (Å²) in [7, 11) is 1.89. The van der Waals surface area contributed by atoms with E-state index >= 15 is 0 Å². The smallest absolute Gasteiger partial charge is 0.379 e. The lowest BCUT2D eigenvalue weighted by Gasteiger charge is -2.42. The van der Waals surface area contributed by atoms with Crippen molar-refractivity contribution in [1.82, 2.24) is 19.7 Å². The molecule has 0 unspecified atom stereocenters. The van der Waals surface area contributed by atoms with Gasteiger partial charge in [0.2, 0.25) is 0 Å². The van der Waals surface area contributed by atoms with Crippen LogP contribution in [0.5, 0.6) is 0 Å². The molecule has 2 saturated heterocycles. The van der Waals surface area contributed by atoms with Gasteiger partial charge in [0.15, 0.2) is 0 Å². The Bertz CT molecular complexity index is 1500. The third-order valence-electron chi connectivity index (χ3n) is 10.0. The number of fused-ring (bicyclic) bond motifs is 1. The highest BCUT2D eigenvalue weighted by molar-refractivity contribution is 6.10. The summed E-state index contributed by atoms with van der Waals surface area (Å²) in [5, 5.41) is 8.21. The number of alkyl halides is 3. The number of hydrogen-bond donors (Lipinski definition) is 0. The summed E-state index contributed by atoms with van der Waals surface area (Å²) in [6.45, 7) is 4.60. The van der Waals surface area contributed by atoms with Gasteiger partial charge in [-0.05, 0) is 92.1 Å². The number of ether oxygens (including phenoxy) is 1.